The van der Waals surface area contributed by atoms with Crippen molar-refractivity contribution in [2.75, 3.05) is 0 Å². The Labute approximate surface area is 131 Å². The van der Waals surface area contributed by atoms with E-state index in [4.69, 9.17) is 11.6 Å². The molecule has 1 fully saturated rings. The van der Waals surface area contributed by atoms with Crippen molar-refractivity contribution in [3.05, 3.63) is 38.7 Å². The van der Waals surface area contributed by atoms with Crippen molar-refractivity contribution in [3.63, 3.8) is 0 Å². The van der Waals surface area contributed by atoms with Crippen LogP contribution in [0.5, 0.6) is 0 Å². The Balaban J connectivity index is 1.87. The Morgan fingerprint density at radius 1 is 1.45 bits per heavy atom. The Morgan fingerprint density at radius 3 is 2.75 bits per heavy atom. The van der Waals surface area contributed by atoms with Gasteiger partial charge in [-0.1, -0.05) is 11.6 Å². The van der Waals surface area contributed by atoms with Gasteiger partial charge >= 0.3 is 0 Å². The van der Waals surface area contributed by atoms with Crippen molar-refractivity contribution in [1.29, 1.82) is 0 Å². The highest BCUT2D eigenvalue weighted by atomic mass is 79.9. The second kappa shape index (κ2) is 5.47. The molecule has 2 aromatic rings. The fraction of sp³-hybridized carbons (Fsp3) is 0.429. The first-order valence-electron chi connectivity index (χ1n) is 6.66. The highest BCUT2D eigenvalue weighted by Gasteiger charge is 2.20. The summed E-state index contributed by atoms with van der Waals surface area (Å²) in [5.41, 5.74) is 3.03. The number of hydrogen-bond acceptors (Lipinski definition) is 3. The van der Waals surface area contributed by atoms with Crippen molar-refractivity contribution in [3.8, 4) is 5.82 Å². The van der Waals surface area contributed by atoms with Crippen LogP contribution in [0.15, 0.2) is 16.7 Å². The first-order chi connectivity index (χ1) is 9.56. The van der Waals surface area contributed by atoms with Gasteiger partial charge in [-0.25, -0.2) is 9.67 Å². The first kappa shape index (κ1) is 14.0. The van der Waals surface area contributed by atoms with E-state index in [0.29, 0.717) is 16.9 Å². The summed E-state index contributed by atoms with van der Waals surface area (Å²) in [6, 6.07) is 2.64. The summed E-state index contributed by atoms with van der Waals surface area (Å²) >= 11 is 9.88. The number of aryl methyl sites for hydroxylation is 1. The molecule has 3 rings (SSSR count). The third-order valence-electron chi connectivity index (χ3n) is 3.45. The number of rotatable bonds is 4. The molecular formula is C14H16BrClN4. The standard InChI is InChI=1S/C14H16BrClN4/c1-8-13(15)9(2)20(19-8)14-12(16)5-10(7-18-14)6-17-11-3-4-11/h5,7,11,17H,3-4,6H2,1-2H3. The zero-order valence-electron chi connectivity index (χ0n) is 11.5. The van der Waals surface area contributed by atoms with Gasteiger partial charge in [-0.05, 0) is 54.2 Å². The lowest BCUT2D eigenvalue weighted by Crippen LogP contribution is -2.15. The van der Waals surface area contributed by atoms with Crippen molar-refractivity contribution < 1.29 is 0 Å². The molecule has 0 atom stereocenters. The first-order valence-corrected chi connectivity index (χ1v) is 7.83. The van der Waals surface area contributed by atoms with Crippen molar-refractivity contribution >= 4 is 27.5 Å². The Morgan fingerprint density at radius 2 is 2.20 bits per heavy atom. The van der Waals surface area contributed by atoms with Crippen LogP contribution in [0.1, 0.15) is 29.8 Å². The average Bonchev–Trinajstić information content (AvgIpc) is 3.21. The molecule has 106 valence electrons. The van der Waals surface area contributed by atoms with E-state index in [1.54, 1.807) is 4.68 Å². The van der Waals surface area contributed by atoms with Crippen molar-refractivity contribution in [2.45, 2.75) is 39.3 Å². The Hall–Kier alpha value is -0.910. The van der Waals surface area contributed by atoms with E-state index in [0.717, 1.165) is 28.0 Å². The number of hydrogen-bond donors (Lipinski definition) is 1. The molecule has 20 heavy (non-hydrogen) atoms. The normalized spacial score (nSPS) is 14.8. The summed E-state index contributed by atoms with van der Waals surface area (Å²) < 4.78 is 2.77. The SMILES string of the molecule is Cc1nn(-c2ncc(CNC3CC3)cc2Cl)c(C)c1Br. The van der Waals surface area contributed by atoms with Gasteiger partial charge in [-0.3, -0.25) is 0 Å². The van der Waals surface area contributed by atoms with Gasteiger partial charge in [0.2, 0.25) is 0 Å². The molecule has 1 aliphatic carbocycles. The molecule has 0 saturated heterocycles. The van der Waals surface area contributed by atoms with Gasteiger partial charge in [0.25, 0.3) is 0 Å². The van der Waals surface area contributed by atoms with E-state index in [9.17, 15) is 0 Å². The highest BCUT2D eigenvalue weighted by molar-refractivity contribution is 9.10. The molecule has 2 heterocycles. The molecule has 0 spiro atoms. The van der Waals surface area contributed by atoms with E-state index >= 15 is 0 Å². The monoisotopic (exact) mass is 354 g/mol. The minimum atomic E-state index is 0.623. The maximum Gasteiger partial charge on any atom is 0.172 e. The molecule has 0 amide bonds. The Kier molecular flexibility index (Phi) is 3.84. The van der Waals surface area contributed by atoms with Gasteiger partial charge in [0.05, 0.1) is 20.9 Å². The van der Waals surface area contributed by atoms with Gasteiger partial charge in [-0.15, -0.1) is 0 Å². The molecule has 6 heteroatoms. The van der Waals surface area contributed by atoms with Crippen LogP contribution < -0.4 is 5.32 Å². The van der Waals surface area contributed by atoms with Crippen LogP contribution in [0, 0.1) is 13.8 Å². The van der Waals surface area contributed by atoms with Crippen LogP contribution in [0.2, 0.25) is 5.02 Å². The lowest BCUT2D eigenvalue weighted by atomic mass is 10.2. The summed E-state index contributed by atoms with van der Waals surface area (Å²) in [7, 11) is 0. The molecule has 1 saturated carbocycles. The summed E-state index contributed by atoms with van der Waals surface area (Å²) in [4.78, 5) is 4.47. The third kappa shape index (κ3) is 2.75. The second-order valence-electron chi connectivity index (χ2n) is 5.20. The Bertz CT molecular complexity index is 649. The van der Waals surface area contributed by atoms with Crippen LogP contribution in [0.25, 0.3) is 5.82 Å². The van der Waals surface area contributed by atoms with Crippen molar-refractivity contribution in [2.24, 2.45) is 0 Å². The van der Waals surface area contributed by atoms with Gasteiger partial charge in [-0.2, -0.15) is 5.10 Å². The number of aromatic nitrogens is 3. The highest BCUT2D eigenvalue weighted by Crippen LogP contribution is 2.26. The average molecular weight is 356 g/mol. The van der Waals surface area contributed by atoms with Gasteiger partial charge in [0.15, 0.2) is 5.82 Å². The molecule has 4 nitrogen and oxygen atoms in total. The zero-order chi connectivity index (χ0) is 14.3. The van der Waals surface area contributed by atoms with E-state index in [1.165, 1.54) is 12.8 Å². The molecular weight excluding hydrogens is 340 g/mol. The summed E-state index contributed by atoms with van der Waals surface area (Å²) in [5.74, 6) is 0.674. The lowest BCUT2D eigenvalue weighted by Gasteiger charge is -2.08. The molecule has 0 bridgehead atoms. The fourth-order valence-corrected chi connectivity index (χ4v) is 2.62. The topological polar surface area (TPSA) is 42.7 Å². The minimum absolute atomic E-state index is 0.623. The number of nitrogens with zero attached hydrogens (tertiary/aromatic N) is 3. The largest absolute Gasteiger partial charge is 0.310 e. The molecule has 1 N–H and O–H groups in total. The van der Waals surface area contributed by atoms with E-state index in [2.05, 4.69) is 31.3 Å². The third-order valence-corrected chi connectivity index (χ3v) is 4.88. The molecule has 0 aromatic carbocycles. The fourth-order valence-electron chi connectivity index (χ4n) is 2.10. The molecule has 0 aliphatic heterocycles. The van der Waals surface area contributed by atoms with Gasteiger partial charge in [0.1, 0.15) is 0 Å². The predicted molar refractivity (Wildman–Crippen MR) is 83.4 cm³/mol. The summed E-state index contributed by atoms with van der Waals surface area (Å²) in [6.07, 6.45) is 4.42. The van der Waals surface area contributed by atoms with E-state index < -0.39 is 0 Å². The summed E-state index contributed by atoms with van der Waals surface area (Å²) in [6.45, 7) is 4.76. The molecule has 1 aliphatic rings. The molecule has 0 radical (unpaired) electrons. The smallest absolute Gasteiger partial charge is 0.172 e. The van der Waals surface area contributed by atoms with Crippen LogP contribution in [0.4, 0.5) is 0 Å². The van der Waals surface area contributed by atoms with Gasteiger partial charge in [0, 0.05) is 18.8 Å². The maximum absolute atomic E-state index is 6.36. The molecule has 0 unspecified atom stereocenters. The van der Waals surface area contributed by atoms with E-state index in [1.807, 2.05) is 26.1 Å². The van der Waals surface area contributed by atoms with Crippen molar-refractivity contribution in [1.82, 2.24) is 20.1 Å². The van der Waals surface area contributed by atoms with Gasteiger partial charge < -0.3 is 5.32 Å². The lowest BCUT2D eigenvalue weighted by molar-refractivity contribution is 0.684. The van der Waals surface area contributed by atoms with Crippen LogP contribution in [-0.4, -0.2) is 20.8 Å². The second-order valence-corrected chi connectivity index (χ2v) is 6.40. The number of nitrogens with one attached hydrogen (secondary N) is 1. The number of halogens is 2. The number of pyridine rings is 1. The zero-order valence-corrected chi connectivity index (χ0v) is 13.8. The maximum atomic E-state index is 6.36. The van der Waals surface area contributed by atoms with Crippen LogP contribution >= 0.6 is 27.5 Å². The summed E-state index contributed by atoms with van der Waals surface area (Å²) in [5, 5.41) is 8.54. The minimum Gasteiger partial charge on any atom is -0.310 e. The molecule has 2 aromatic heterocycles. The predicted octanol–water partition coefficient (Wildman–Crippen LogP) is 3.55. The van der Waals surface area contributed by atoms with Crippen LogP contribution in [0.3, 0.4) is 0 Å². The van der Waals surface area contributed by atoms with Crippen LogP contribution in [-0.2, 0) is 6.54 Å². The quantitative estimate of drug-likeness (QED) is 0.912. The van der Waals surface area contributed by atoms with E-state index in [-0.39, 0.29) is 0 Å².